The maximum absolute atomic E-state index is 6.35. The van der Waals surface area contributed by atoms with Crippen LogP contribution in [-0.2, 0) is 0 Å². The molecule has 0 radical (unpaired) electrons. The highest BCUT2D eigenvalue weighted by Crippen LogP contribution is 2.34. The topological polar surface area (TPSA) is 38.7 Å². The normalized spacial score (nSPS) is 10.8. The van der Waals surface area contributed by atoms with Crippen LogP contribution in [-0.4, -0.2) is 15.0 Å². The molecule has 4 aromatic rings. The van der Waals surface area contributed by atoms with Crippen molar-refractivity contribution in [1.82, 2.24) is 15.0 Å². The van der Waals surface area contributed by atoms with E-state index in [1.807, 2.05) is 48.7 Å². The zero-order chi connectivity index (χ0) is 15.6. The summed E-state index contributed by atoms with van der Waals surface area (Å²) in [5.41, 5.74) is 4.82. The van der Waals surface area contributed by atoms with Crippen molar-refractivity contribution in [1.29, 1.82) is 0 Å². The Hall–Kier alpha value is -2.78. The number of pyridine rings is 1. The number of halogens is 1. The van der Waals surface area contributed by atoms with Gasteiger partial charge in [-0.1, -0.05) is 41.9 Å². The molecule has 0 aliphatic heterocycles. The van der Waals surface area contributed by atoms with Crippen LogP contribution in [0.1, 0.15) is 0 Å². The molecule has 0 spiro atoms. The molecule has 23 heavy (non-hydrogen) atoms. The van der Waals surface area contributed by atoms with Crippen LogP contribution in [0.25, 0.3) is 33.3 Å². The second-order valence-electron chi connectivity index (χ2n) is 5.18. The van der Waals surface area contributed by atoms with Crippen LogP contribution in [0.15, 0.2) is 73.3 Å². The van der Waals surface area contributed by atoms with Gasteiger partial charge >= 0.3 is 0 Å². The molecule has 0 amide bonds. The van der Waals surface area contributed by atoms with E-state index in [-0.39, 0.29) is 0 Å². The smallest absolute Gasteiger partial charge is 0.116 e. The quantitative estimate of drug-likeness (QED) is 0.521. The fourth-order valence-corrected chi connectivity index (χ4v) is 2.88. The molecule has 0 saturated carbocycles. The molecule has 110 valence electrons. The van der Waals surface area contributed by atoms with E-state index in [9.17, 15) is 0 Å². The lowest BCUT2D eigenvalue weighted by atomic mass is 9.98. The predicted molar refractivity (Wildman–Crippen MR) is 93.2 cm³/mol. The average Bonchev–Trinajstić information content (AvgIpc) is 2.62. The van der Waals surface area contributed by atoms with Crippen molar-refractivity contribution in [3.05, 3.63) is 78.3 Å². The van der Waals surface area contributed by atoms with Crippen LogP contribution < -0.4 is 0 Å². The Labute approximate surface area is 138 Å². The summed E-state index contributed by atoms with van der Waals surface area (Å²) < 4.78 is 0. The molecular formula is C19H12ClN3. The molecule has 0 bridgehead atoms. The van der Waals surface area contributed by atoms with Crippen molar-refractivity contribution < 1.29 is 0 Å². The summed E-state index contributed by atoms with van der Waals surface area (Å²) in [4.78, 5) is 12.9. The number of aromatic nitrogens is 3. The van der Waals surface area contributed by atoms with Crippen LogP contribution in [0.5, 0.6) is 0 Å². The Kier molecular flexibility index (Phi) is 3.48. The van der Waals surface area contributed by atoms with Gasteiger partial charge in [-0.05, 0) is 29.8 Å². The summed E-state index contributed by atoms with van der Waals surface area (Å²) in [6, 6.07) is 17.9. The Morgan fingerprint density at radius 3 is 2.61 bits per heavy atom. The minimum Gasteiger partial charge on any atom is -0.256 e. The Balaban J connectivity index is 1.93. The molecular weight excluding hydrogens is 306 g/mol. The zero-order valence-electron chi connectivity index (χ0n) is 12.1. The van der Waals surface area contributed by atoms with E-state index >= 15 is 0 Å². The monoisotopic (exact) mass is 317 g/mol. The van der Waals surface area contributed by atoms with Gasteiger partial charge in [0.2, 0.25) is 0 Å². The molecule has 0 aliphatic carbocycles. The van der Waals surface area contributed by atoms with Crippen molar-refractivity contribution in [3.8, 4) is 22.4 Å². The van der Waals surface area contributed by atoms with Crippen molar-refractivity contribution in [2.45, 2.75) is 0 Å². The molecule has 0 fully saturated rings. The Morgan fingerprint density at radius 2 is 1.70 bits per heavy atom. The zero-order valence-corrected chi connectivity index (χ0v) is 12.9. The molecule has 0 atom stereocenters. The van der Waals surface area contributed by atoms with Crippen LogP contribution in [0.3, 0.4) is 0 Å². The first-order chi connectivity index (χ1) is 11.3. The van der Waals surface area contributed by atoms with E-state index in [0.717, 1.165) is 33.3 Å². The molecule has 4 rings (SSSR count). The first-order valence-electron chi connectivity index (χ1n) is 7.23. The highest BCUT2D eigenvalue weighted by Gasteiger charge is 2.11. The van der Waals surface area contributed by atoms with Gasteiger partial charge in [-0.25, -0.2) is 9.97 Å². The van der Waals surface area contributed by atoms with Gasteiger partial charge in [-0.3, -0.25) is 4.98 Å². The molecule has 0 N–H and O–H groups in total. The van der Waals surface area contributed by atoms with Crippen molar-refractivity contribution >= 4 is 22.5 Å². The first-order valence-corrected chi connectivity index (χ1v) is 7.61. The maximum atomic E-state index is 6.35. The second kappa shape index (κ2) is 5.78. The largest absolute Gasteiger partial charge is 0.256 e. The van der Waals surface area contributed by atoms with Gasteiger partial charge in [-0.15, -0.1) is 0 Å². The number of hydrogen-bond donors (Lipinski definition) is 0. The number of hydrogen-bond acceptors (Lipinski definition) is 3. The number of fused-ring (bicyclic) bond motifs is 1. The van der Waals surface area contributed by atoms with E-state index < -0.39 is 0 Å². The minimum absolute atomic E-state index is 0.691. The van der Waals surface area contributed by atoms with Gasteiger partial charge in [0.15, 0.2) is 0 Å². The molecule has 4 heteroatoms. The molecule has 0 aliphatic rings. The number of rotatable bonds is 2. The lowest BCUT2D eigenvalue weighted by Crippen LogP contribution is -1.90. The third-order valence-electron chi connectivity index (χ3n) is 3.75. The van der Waals surface area contributed by atoms with Crippen LogP contribution in [0.2, 0.25) is 5.02 Å². The summed E-state index contributed by atoms with van der Waals surface area (Å²) in [6.45, 7) is 0. The Morgan fingerprint density at radius 1 is 0.826 bits per heavy atom. The summed E-state index contributed by atoms with van der Waals surface area (Å²) in [5.74, 6) is 0. The maximum Gasteiger partial charge on any atom is 0.116 e. The van der Waals surface area contributed by atoms with Gasteiger partial charge in [0, 0.05) is 33.9 Å². The van der Waals surface area contributed by atoms with Crippen molar-refractivity contribution in [2.24, 2.45) is 0 Å². The lowest BCUT2D eigenvalue weighted by Gasteiger charge is -2.10. The predicted octanol–water partition coefficient (Wildman–Crippen LogP) is 5.01. The fourth-order valence-electron chi connectivity index (χ4n) is 2.66. The molecule has 0 saturated heterocycles. The van der Waals surface area contributed by atoms with Crippen LogP contribution in [0, 0.1) is 0 Å². The van der Waals surface area contributed by atoms with E-state index in [0.29, 0.717) is 5.02 Å². The third-order valence-corrected chi connectivity index (χ3v) is 4.08. The fraction of sp³-hybridized carbons (Fsp3) is 0. The molecule has 0 unspecified atom stereocenters. The van der Waals surface area contributed by atoms with E-state index in [2.05, 4.69) is 27.1 Å². The summed E-state index contributed by atoms with van der Waals surface area (Å²) in [6.07, 6.45) is 5.16. The second-order valence-corrected chi connectivity index (χ2v) is 5.58. The van der Waals surface area contributed by atoms with Gasteiger partial charge in [-0.2, -0.15) is 0 Å². The van der Waals surface area contributed by atoms with Gasteiger partial charge in [0.05, 0.1) is 11.2 Å². The standard InChI is InChI=1S/C19H12ClN3/c20-17-6-2-1-4-16(17)19-15(5-3-9-22-19)13-7-8-18-14(10-13)11-21-12-23-18/h1-12H. The molecule has 2 heterocycles. The van der Waals surface area contributed by atoms with Crippen LogP contribution >= 0.6 is 11.6 Å². The van der Waals surface area contributed by atoms with Crippen LogP contribution in [0.4, 0.5) is 0 Å². The number of nitrogens with zero attached hydrogens (tertiary/aromatic N) is 3. The summed E-state index contributed by atoms with van der Waals surface area (Å²) >= 11 is 6.35. The van der Waals surface area contributed by atoms with E-state index in [1.54, 1.807) is 12.5 Å². The highest BCUT2D eigenvalue weighted by atomic mass is 35.5. The molecule has 3 nitrogen and oxygen atoms in total. The third kappa shape index (κ3) is 2.56. The van der Waals surface area contributed by atoms with Crippen molar-refractivity contribution in [3.63, 3.8) is 0 Å². The lowest BCUT2D eigenvalue weighted by molar-refractivity contribution is 1.22. The minimum atomic E-state index is 0.691. The van der Waals surface area contributed by atoms with Gasteiger partial charge in [0.1, 0.15) is 6.33 Å². The Bertz CT molecular complexity index is 998. The van der Waals surface area contributed by atoms with E-state index in [4.69, 9.17) is 11.6 Å². The number of benzene rings is 2. The van der Waals surface area contributed by atoms with Crippen molar-refractivity contribution in [2.75, 3.05) is 0 Å². The van der Waals surface area contributed by atoms with Gasteiger partial charge < -0.3 is 0 Å². The summed E-state index contributed by atoms with van der Waals surface area (Å²) in [5, 5.41) is 1.69. The SMILES string of the molecule is Clc1ccccc1-c1ncccc1-c1ccc2ncncc2c1. The van der Waals surface area contributed by atoms with Gasteiger partial charge in [0.25, 0.3) is 0 Å². The van der Waals surface area contributed by atoms with E-state index in [1.165, 1.54) is 0 Å². The highest BCUT2D eigenvalue weighted by molar-refractivity contribution is 6.33. The summed E-state index contributed by atoms with van der Waals surface area (Å²) in [7, 11) is 0. The average molecular weight is 318 g/mol. The molecule has 2 aromatic carbocycles. The molecule has 2 aromatic heterocycles. The first kappa shape index (κ1) is 13.9.